The van der Waals surface area contributed by atoms with Crippen molar-refractivity contribution in [2.75, 3.05) is 12.9 Å². The number of aromatic nitrogens is 1. The molecule has 1 aromatic heterocycles. The number of rotatable bonds is 3. The van der Waals surface area contributed by atoms with Crippen LogP contribution in [0.3, 0.4) is 0 Å². The molecule has 9 heteroatoms. The third kappa shape index (κ3) is 3.75. The van der Waals surface area contributed by atoms with Crippen LogP contribution >= 0.6 is 35.0 Å². The van der Waals surface area contributed by atoms with Gasteiger partial charge >= 0.3 is 5.97 Å². The number of aliphatic imine (C=N–C) groups is 1. The van der Waals surface area contributed by atoms with Gasteiger partial charge < -0.3 is 9.72 Å². The second kappa shape index (κ2) is 7.73. The second-order valence-corrected chi connectivity index (χ2v) is 7.37. The Labute approximate surface area is 165 Å². The van der Waals surface area contributed by atoms with E-state index in [1.54, 1.807) is 18.2 Å². The van der Waals surface area contributed by atoms with E-state index >= 15 is 0 Å². The zero-order chi connectivity index (χ0) is 18.8. The van der Waals surface area contributed by atoms with Gasteiger partial charge in [0.2, 0.25) is 0 Å². The van der Waals surface area contributed by atoms with Crippen LogP contribution in [0, 0.1) is 13.8 Å². The van der Waals surface area contributed by atoms with E-state index in [9.17, 15) is 4.79 Å². The number of hydrazone groups is 1. The molecule has 6 nitrogen and oxygen atoms in total. The average molecular weight is 411 g/mol. The molecular formula is C17H16Cl2N4O2S. The van der Waals surface area contributed by atoms with Gasteiger partial charge in [-0.15, -0.1) is 0 Å². The summed E-state index contributed by atoms with van der Waals surface area (Å²) in [7, 11) is 1.37. The molecular weight excluding hydrogens is 395 g/mol. The number of halogens is 2. The minimum atomic E-state index is -0.360. The summed E-state index contributed by atoms with van der Waals surface area (Å²) in [4.78, 5) is 19.6. The smallest absolute Gasteiger partial charge is 0.339 e. The van der Waals surface area contributed by atoms with E-state index in [0.717, 1.165) is 22.7 Å². The molecule has 0 bridgehead atoms. The van der Waals surface area contributed by atoms with Crippen LogP contribution < -0.4 is 5.43 Å². The molecule has 0 atom stereocenters. The first kappa shape index (κ1) is 18.8. The normalized spacial score (nSPS) is 15.6. The summed E-state index contributed by atoms with van der Waals surface area (Å²) in [6.07, 6.45) is 0. The quantitative estimate of drug-likeness (QED) is 0.732. The lowest BCUT2D eigenvalue weighted by Gasteiger charge is -2.14. The van der Waals surface area contributed by atoms with Crippen LogP contribution in [0.5, 0.6) is 0 Å². The fourth-order valence-electron chi connectivity index (χ4n) is 2.62. The molecule has 2 heterocycles. The third-order valence-electron chi connectivity index (χ3n) is 3.88. The summed E-state index contributed by atoms with van der Waals surface area (Å²) in [5, 5.41) is 5.98. The molecule has 0 spiro atoms. The number of carbonyl (C=O) groups is 1. The Hall–Kier alpha value is -1.96. The number of aryl methyl sites for hydroxylation is 1. The molecule has 0 radical (unpaired) electrons. The van der Waals surface area contributed by atoms with E-state index in [2.05, 4.69) is 20.5 Å². The monoisotopic (exact) mass is 410 g/mol. The van der Waals surface area contributed by atoms with E-state index in [1.165, 1.54) is 18.9 Å². The molecule has 136 valence electrons. The van der Waals surface area contributed by atoms with Crippen molar-refractivity contribution in [1.82, 2.24) is 10.4 Å². The molecule has 0 unspecified atom stereocenters. The van der Waals surface area contributed by atoms with E-state index in [0.29, 0.717) is 32.2 Å². The minimum absolute atomic E-state index is 0.360. The molecule has 0 saturated carbocycles. The molecule has 0 amide bonds. The van der Waals surface area contributed by atoms with Crippen LogP contribution in [0.25, 0.3) is 0 Å². The largest absolute Gasteiger partial charge is 0.465 e. The van der Waals surface area contributed by atoms with Gasteiger partial charge in [-0.1, -0.05) is 35.0 Å². The number of amidine groups is 1. The maximum Gasteiger partial charge on any atom is 0.339 e. The van der Waals surface area contributed by atoms with E-state index in [-0.39, 0.29) is 5.97 Å². The summed E-state index contributed by atoms with van der Waals surface area (Å²) in [5.74, 6) is 0.246. The molecule has 0 aliphatic carbocycles. The minimum Gasteiger partial charge on any atom is -0.465 e. The van der Waals surface area contributed by atoms with Crippen molar-refractivity contribution in [3.05, 3.63) is 50.8 Å². The van der Waals surface area contributed by atoms with Gasteiger partial charge in [0.05, 0.1) is 39.8 Å². The average Bonchev–Trinajstić information content (AvgIpc) is 2.93. The number of nitrogens with zero attached hydrogens (tertiary/aromatic N) is 2. The highest BCUT2D eigenvalue weighted by Gasteiger charge is 2.23. The number of nitrogens with one attached hydrogen (secondary N) is 2. The van der Waals surface area contributed by atoms with Crippen LogP contribution in [0.2, 0.25) is 10.0 Å². The van der Waals surface area contributed by atoms with Crippen LogP contribution in [-0.2, 0) is 4.74 Å². The predicted octanol–water partition coefficient (Wildman–Crippen LogP) is 4.45. The number of esters is 1. The Morgan fingerprint density at radius 3 is 2.69 bits per heavy atom. The van der Waals surface area contributed by atoms with Crippen LogP contribution in [0.1, 0.15) is 27.3 Å². The van der Waals surface area contributed by atoms with Crippen molar-refractivity contribution in [2.45, 2.75) is 13.8 Å². The zero-order valence-corrected chi connectivity index (χ0v) is 16.6. The Morgan fingerprint density at radius 2 is 2.08 bits per heavy atom. The summed E-state index contributed by atoms with van der Waals surface area (Å²) < 4.78 is 4.84. The number of benzene rings is 1. The lowest BCUT2D eigenvalue weighted by molar-refractivity contribution is 0.0599. The molecule has 2 N–H and O–H groups in total. The van der Waals surface area contributed by atoms with E-state index in [1.807, 2.05) is 13.8 Å². The number of aromatic amines is 1. The fraction of sp³-hybridized carbons (Fsp3) is 0.235. The lowest BCUT2D eigenvalue weighted by Crippen LogP contribution is -2.25. The summed E-state index contributed by atoms with van der Waals surface area (Å²) in [5.41, 5.74) is 7.37. The van der Waals surface area contributed by atoms with Crippen molar-refractivity contribution < 1.29 is 9.53 Å². The number of hydrogen-bond acceptors (Lipinski definition) is 5. The first-order chi connectivity index (χ1) is 12.4. The number of hydrogen-bond donors (Lipinski definition) is 2. The SMILES string of the molecule is COC(=O)c1c(C)[nH]c(C2=NNC(=Nc3ccc(Cl)c(Cl)c3)SC2)c1C. The number of thioether (sulfide) groups is 1. The highest BCUT2D eigenvalue weighted by Crippen LogP contribution is 2.28. The van der Waals surface area contributed by atoms with Gasteiger partial charge in [0, 0.05) is 11.4 Å². The Balaban J connectivity index is 1.83. The highest BCUT2D eigenvalue weighted by atomic mass is 35.5. The maximum atomic E-state index is 11.9. The lowest BCUT2D eigenvalue weighted by atomic mass is 10.1. The summed E-state index contributed by atoms with van der Waals surface area (Å²) in [6.45, 7) is 3.71. The van der Waals surface area contributed by atoms with Gasteiger partial charge in [0.25, 0.3) is 0 Å². The molecule has 2 aromatic rings. The number of ether oxygens (including phenoxy) is 1. The molecule has 0 saturated heterocycles. The first-order valence-electron chi connectivity index (χ1n) is 7.67. The Bertz CT molecular complexity index is 937. The number of carbonyl (C=O) groups excluding carboxylic acids is 1. The topological polar surface area (TPSA) is 78.8 Å². The molecule has 1 aromatic carbocycles. The molecule has 3 rings (SSSR count). The highest BCUT2D eigenvalue weighted by molar-refractivity contribution is 8.14. The number of H-pyrrole nitrogens is 1. The Kier molecular flexibility index (Phi) is 5.60. The molecule has 1 aliphatic heterocycles. The summed E-state index contributed by atoms with van der Waals surface area (Å²) in [6, 6.07) is 5.17. The molecule has 0 fully saturated rings. The van der Waals surface area contributed by atoms with Crippen LogP contribution in [0.4, 0.5) is 5.69 Å². The van der Waals surface area contributed by atoms with Crippen molar-refractivity contribution in [3.63, 3.8) is 0 Å². The zero-order valence-electron chi connectivity index (χ0n) is 14.3. The fourth-order valence-corrected chi connectivity index (χ4v) is 3.68. The molecule has 26 heavy (non-hydrogen) atoms. The number of methoxy groups -OCH3 is 1. The van der Waals surface area contributed by atoms with Crippen molar-refractivity contribution >= 4 is 57.5 Å². The van der Waals surface area contributed by atoms with Gasteiger partial charge in [-0.25, -0.2) is 9.79 Å². The van der Waals surface area contributed by atoms with E-state index in [4.69, 9.17) is 27.9 Å². The van der Waals surface area contributed by atoms with E-state index < -0.39 is 0 Å². The van der Waals surface area contributed by atoms with Crippen molar-refractivity contribution in [2.24, 2.45) is 10.1 Å². The maximum absolute atomic E-state index is 11.9. The molecule has 1 aliphatic rings. The van der Waals surface area contributed by atoms with Gasteiger partial charge in [0.1, 0.15) is 0 Å². The summed E-state index contributed by atoms with van der Waals surface area (Å²) >= 11 is 13.4. The van der Waals surface area contributed by atoms with Crippen molar-refractivity contribution in [3.8, 4) is 0 Å². The van der Waals surface area contributed by atoms with Gasteiger partial charge in [-0.3, -0.25) is 5.43 Å². The second-order valence-electron chi connectivity index (χ2n) is 5.59. The van der Waals surface area contributed by atoms with Crippen LogP contribution in [0.15, 0.2) is 28.3 Å². The first-order valence-corrected chi connectivity index (χ1v) is 9.41. The third-order valence-corrected chi connectivity index (χ3v) is 5.49. The predicted molar refractivity (Wildman–Crippen MR) is 107 cm³/mol. The Morgan fingerprint density at radius 1 is 1.31 bits per heavy atom. The standard InChI is InChI=1S/C17H16Cl2N4O2S/c1-8-14(16(24)25-3)9(2)20-15(8)13-7-26-17(23-22-13)21-10-4-5-11(18)12(19)6-10/h4-6,20H,7H2,1-3H3,(H,21,23). The van der Waals surface area contributed by atoms with Gasteiger partial charge in [-0.2, -0.15) is 5.10 Å². The van der Waals surface area contributed by atoms with Crippen molar-refractivity contribution in [1.29, 1.82) is 0 Å². The van der Waals surface area contributed by atoms with Gasteiger partial charge in [-0.05, 0) is 37.6 Å². The van der Waals surface area contributed by atoms with Gasteiger partial charge in [0.15, 0.2) is 5.17 Å². The van der Waals surface area contributed by atoms with Crippen LogP contribution in [-0.4, -0.2) is 34.7 Å².